The van der Waals surface area contributed by atoms with E-state index < -0.39 is 0 Å². The lowest BCUT2D eigenvalue weighted by Crippen LogP contribution is -2.05. The van der Waals surface area contributed by atoms with E-state index in [4.69, 9.17) is 10.4 Å². The summed E-state index contributed by atoms with van der Waals surface area (Å²) in [5.74, 6) is 2.31. The molecule has 0 aliphatic carbocycles. The molecule has 2 unspecified atom stereocenters. The van der Waals surface area contributed by atoms with Crippen LogP contribution in [0.2, 0.25) is 0 Å². The van der Waals surface area contributed by atoms with Crippen molar-refractivity contribution in [1.29, 1.82) is 5.26 Å². The van der Waals surface area contributed by atoms with Crippen LogP contribution < -0.4 is 0 Å². The van der Waals surface area contributed by atoms with Crippen LogP contribution in [0.4, 0.5) is 0 Å². The largest absolute Gasteiger partial charge is 0.396 e. The van der Waals surface area contributed by atoms with Crippen molar-refractivity contribution >= 4 is 11.8 Å². The zero-order valence-corrected chi connectivity index (χ0v) is 7.90. The van der Waals surface area contributed by atoms with Crippen molar-refractivity contribution in [2.45, 2.75) is 13.8 Å². The molecule has 0 aromatic heterocycles. The lowest BCUT2D eigenvalue weighted by molar-refractivity contribution is 0.250. The molecule has 64 valence electrons. The molecule has 0 aliphatic rings. The van der Waals surface area contributed by atoms with Gasteiger partial charge in [-0.3, -0.25) is 0 Å². The molecular weight excluding hydrogens is 158 g/mol. The third kappa shape index (κ3) is 6.21. The molecule has 3 heteroatoms. The second-order valence-electron chi connectivity index (χ2n) is 2.86. The summed E-state index contributed by atoms with van der Waals surface area (Å²) in [5, 5.41) is 17.1. The van der Waals surface area contributed by atoms with Crippen molar-refractivity contribution in [2.75, 3.05) is 18.1 Å². The molecule has 0 aromatic carbocycles. The van der Waals surface area contributed by atoms with E-state index in [0.29, 0.717) is 5.92 Å². The van der Waals surface area contributed by atoms with Crippen LogP contribution in [0.5, 0.6) is 0 Å². The van der Waals surface area contributed by atoms with Gasteiger partial charge in [-0.15, -0.1) is 0 Å². The topological polar surface area (TPSA) is 44.0 Å². The van der Waals surface area contributed by atoms with Crippen LogP contribution >= 0.6 is 11.8 Å². The predicted molar refractivity (Wildman–Crippen MR) is 48.4 cm³/mol. The Morgan fingerprint density at radius 3 is 2.55 bits per heavy atom. The van der Waals surface area contributed by atoms with Gasteiger partial charge < -0.3 is 5.11 Å². The van der Waals surface area contributed by atoms with E-state index in [1.165, 1.54) is 0 Å². The van der Waals surface area contributed by atoms with E-state index in [-0.39, 0.29) is 12.5 Å². The van der Waals surface area contributed by atoms with E-state index in [9.17, 15) is 0 Å². The van der Waals surface area contributed by atoms with Crippen molar-refractivity contribution in [3.63, 3.8) is 0 Å². The molecule has 0 fully saturated rings. The molecule has 0 amide bonds. The van der Waals surface area contributed by atoms with Crippen LogP contribution in [-0.4, -0.2) is 23.2 Å². The molecule has 0 bridgehead atoms. The summed E-state index contributed by atoms with van der Waals surface area (Å²) in [6.45, 7) is 4.16. The van der Waals surface area contributed by atoms with E-state index >= 15 is 0 Å². The van der Waals surface area contributed by atoms with Gasteiger partial charge in [-0.1, -0.05) is 6.92 Å². The number of rotatable bonds is 5. The minimum absolute atomic E-state index is 0.130. The molecule has 0 saturated heterocycles. The van der Waals surface area contributed by atoms with Gasteiger partial charge in [0.15, 0.2) is 0 Å². The summed E-state index contributed by atoms with van der Waals surface area (Å²) in [6, 6.07) is 2.17. The van der Waals surface area contributed by atoms with Crippen LogP contribution in [-0.2, 0) is 0 Å². The first kappa shape index (κ1) is 10.8. The maximum Gasteiger partial charge on any atom is 0.0661 e. The molecule has 0 aromatic rings. The van der Waals surface area contributed by atoms with Gasteiger partial charge >= 0.3 is 0 Å². The lowest BCUT2D eigenvalue weighted by Gasteiger charge is -2.07. The highest BCUT2D eigenvalue weighted by Gasteiger charge is 2.02. The van der Waals surface area contributed by atoms with Crippen molar-refractivity contribution in [3.05, 3.63) is 0 Å². The number of thioether (sulfide) groups is 1. The van der Waals surface area contributed by atoms with Gasteiger partial charge in [0.05, 0.1) is 12.0 Å². The zero-order valence-electron chi connectivity index (χ0n) is 7.08. The molecule has 0 rings (SSSR count). The maximum absolute atomic E-state index is 8.68. The maximum atomic E-state index is 8.68. The minimum atomic E-state index is 0.130. The van der Waals surface area contributed by atoms with Crippen molar-refractivity contribution in [2.24, 2.45) is 11.8 Å². The normalized spacial score (nSPS) is 15.5. The molecule has 0 saturated carbocycles. The molecule has 11 heavy (non-hydrogen) atoms. The van der Waals surface area contributed by atoms with Crippen LogP contribution in [0, 0.1) is 23.2 Å². The van der Waals surface area contributed by atoms with Gasteiger partial charge in [0.25, 0.3) is 0 Å². The third-order valence-corrected chi connectivity index (χ3v) is 2.84. The minimum Gasteiger partial charge on any atom is -0.396 e. The summed E-state index contributed by atoms with van der Waals surface area (Å²) < 4.78 is 0. The van der Waals surface area contributed by atoms with Gasteiger partial charge in [0.1, 0.15) is 0 Å². The van der Waals surface area contributed by atoms with Crippen molar-refractivity contribution < 1.29 is 5.11 Å². The van der Waals surface area contributed by atoms with Gasteiger partial charge in [0.2, 0.25) is 0 Å². The number of nitriles is 1. The second-order valence-corrected chi connectivity index (χ2v) is 3.93. The number of nitrogens with zero attached hydrogens (tertiary/aromatic N) is 1. The number of hydrogen-bond donors (Lipinski definition) is 1. The Morgan fingerprint density at radius 2 is 2.09 bits per heavy atom. The summed E-state index contributed by atoms with van der Waals surface area (Å²) in [6.07, 6.45) is 0. The number of aliphatic hydroxyl groups is 1. The first-order valence-corrected chi connectivity index (χ1v) is 4.94. The van der Waals surface area contributed by atoms with E-state index in [1.54, 1.807) is 11.8 Å². The number of hydrogen-bond acceptors (Lipinski definition) is 3. The average molecular weight is 173 g/mol. The van der Waals surface area contributed by atoms with Crippen LogP contribution in [0.1, 0.15) is 13.8 Å². The smallest absolute Gasteiger partial charge is 0.0661 e. The van der Waals surface area contributed by atoms with E-state index in [0.717, 1.165) is 11.5 Å². The summed E-state index contributed by atoms with van der Waals surface area (Å²) >= 11 is 1.74. The van der Waals surface area contributed by atoms with Gasteiger partial charge in [0, 0.05) is 12.4 Å². The molecule has 0 spiro atoms. The van der Waals surface area contributed by atoms with Crippen molar-refractivity contribution in [3.8, 4) is 6.07 Å². The molecule has 0 radical (unpaired) electrons. The molecule has 0 heterocycles. The van der Waals surface area contributed by atoms with E-state index in [1.807, 2.05) is 13.8 Å². The summed E-state index contributed by atoms with van der Waals surface area (Å²) in [5.41, 5.74) is 0. The van der Waals surface area contributed by atoms with Crippen LogP contribution in [0.15, 0.2) is 0 Å². The number of aliphatic hydroxyl groups excluding tert-OH is 1. The van der Waals surface area contributed by atoms with Crippen LogP contribution in [0.3, 0.4) is 0 Å². The fourth-order valence-electron chi connectivity index (χ4n) is 0.536. The Kier molecular flexibility index (Phi) is 6.39. The Bertz CT molecular complexity index is 133. The SMILES string of the molecule is CC(C#N)CSCC(C)CO. The highest BCUT2D eigenvalue weighted by atomic mass is 32.2. The summed E-state index contributed by atoms with van der Waals surface area (Å²) in [4.78, 5) is 0. The monoisotopic (exact) mass is 173 g/mol. The van der Waals surface area contributed by atoms with E-state index in [2.05, 4.69) is 6.07 Å². The lowest BCUT2D eigenvalue weighted by atomic mass is 10.2. The fourth-order valence-corrected chi connectivity index (χ4v) is 1.61. The molecule has 0 aliphatic heterocycles. The standard InChI is InChI=1S/C8H15NOS/c1-7(3-9)5-11-6-8(2)4-10/h7-8,10H,4-6H2,1-2H3. The van der Waals surface area contributed by atoms with Gasteiger partial charge in [-0.25, -0.2) is 0 Å². The zero-order chi connectivity index (χ0) is 8.69. The Labute approximate surface area is 72.6 Å². The summed E-state index contributed by atoms with van der Waals surface area (Å²) in [7, 11) is 0. The van der Waals surface area contributed by atoms with Gasteiger partial charge in [-0.2, -0.15) is 17.0 Å². The molecule has 2 atom stereocenters. The van der Waals surface area contributed by atoms with Crippen molar-refractivity contribution in [1.82, 2.24) is 0 Å². The third-order valence-electron chi connectivity index (χ3n) is 1.30. The fraction of sp³-hybridized carbons (Fsp3) is 0.875. The average Bonchev–Trinajstić information content (AvgIpc) is 2.04. The first-order valence-electron chi connectivity index (χ1n) is 3.79. The second kappa shape index (κ2) is 6.51. The first-order chi connectivity index (χ1) is 5.20. The Hall–Kier alpha value is -0.200. The highest BCUT2D eigenvalue weighted by molar-refractivity contribution is 7.99. The molecule has 1 N–H and O–H groups in total. The quantitative estimate of drug-likeness (QED) is 0.685. The predicted octanol–water partition coefficient (Wildman–Crippen LogP) is 1.51. The van der Waals surface area contributed by atoms with Crippen LogP contribution in [0.25, 0.3) is 0 Å². The Balaban J connectivity index is 3.21. The Morgan fingerprint density at radius 1 is 1.45 bits per heavy atom. The highest BCUT2D eigenvalue weighted by Crippen LogP contribution is 2.11. The molecular formula is C8H15NOS. The molecule has 2 nitrogen and oxygen atoms in total. The van der Waals surface area contributed by atoms with Gasteiger partial charge in [-0.05, 0) is 18.6 Å².